The molecular formula is C18H13F2N3O2. The molecule has 2 aromatic carbocycles. The van der Waals surface area contributed by atoms with Gasteiger partial charge in [0.05, 0.1) is 16.5 Å². The molecule has 1 fully saturated rings. The van der Waals surface area contributed by atoms with Gasteiger partial charge in [-0.15, -0.1) is 0 Å². The van der Waals surface area contributed by atoms with Crippen molar-refractivity contribution in [3.05, 3.63) is 75.8 Å². The van der Waals surface area contributed by atoms with E-state index in [9.17, 15) is 18.4 Å². The average Bonchev–Trinajstić information content (AvgIpc) is 3.42. The van der Waals surface area contributed by atoms with Gasteiger partial charge in [0.2, 0.25) is 0 Å². The molecule has 0 saturated heterocycles. The molecule has 0 atom stereocenters. The maximum absolute atomic E-state index is 13.8. The number of hydrogen-bond acceptors (Lipinski definition) is 3. The van der Waals surface area contributed by atoms with Crippen LogP contribution in [-0.4, -0.2) is 15.6 Å². The van der Waals surface area contributed by atoms with Gasteiger partial charge in [0.1, 0.15) is 17.5 Å². The van der Waals surface area contributed by atoms with E-state index < -0.39 is 23.1 Å². The molecule has 126 valence electrons. The molecule has 3 aromatic rings. The van der Waals surface area contributed by atoms with Crippen LogP contribution in [0.15, 0.2) is 47.3 Å². The molecule has 0 radical (unpaired) electrons. The monoisotopic (exact) mass is 341 g/mol. The van der Waals surface area contributed by atoms with Crippen molar-refractivity contribution >= 4 is 16.8 Å². The summed E-state index contributed by atoms with van der Waals surface area (Å²) >= 11 is 0. The lowest BCUT2D eigenvalue weighted by molar-refractivity contribution is 0.100. The highest BCUT2D eigenvalue weighted by molar-refractivity contribution is 6.00. The minimum absolute atomic E-state index is 0.0793. The summed E-state index contributed by atoms with van der Waals surface area (Å²) in [5, 5.41) is 0.353. The second kappa shape index (κ2) is 5.77. The second-order valence-electron chi connectivity index (χ2n) is 5.97. The summed E-state index contributed by atoms with van der Waals surface area (Å²) in [6.07, 6.45) is 1.73. The summed E-state index contributed by atoms with van der Waals surface area (Å²) < 4.78 is 27.9. The first-order chi connectivity index (χ1) is 12.0. The van der Waals surface area contributed by atoms with Crippen LogP contribution in [0.2, 0.25) is 0 Å². The highest BCUT2D eigenvalue weighted by atomic mass is 19.1. The van der Waals surface area contributed by atoms with Crippen LogP contribution in [0.4, 0.5) is 8.78 Å². The van der Waals surface area contributed by atoms with Crippen molar-refractivity contribution in [1.29, 1.82) is 0 Å². The van der Waals surface area contributed by atoms with E-state index in [1.54, 1.807) is 24.3 Å². The van der Waals surface area contributed by atoms with Crippen molar-refractivity contribution in [3.8, 4) is 0 Å². The number of fused-ring (bicyclic) bond motifs is 1. The molecule has 1 N–H and O–H groups in total. The minimum Gasteiger partial charge on any atom is -0.267 e. The molecule has 0 spiro atoms. The van der Waals surface area contributed by atoms with Gasteiger partial charge in [-0.05, 0) is 37.1 Å². The molecule has 0 unspecified atom stereocenters. The van der Waals surface area contributed by atoms with Crippen LogP contribution >= 0.6 is 0 Å². The largest absolute Gasteiger partial charge is 0.280 e. The van der Waals surface area contributed by atoms with Crippen LogP contribution in [0, 0.1) is 11.6 Å². The molecule has 25 heavy (non-hydrogen) atoms. The lowest BCUT2D eigenvalue weighted by atomic mass is 10.2. The summed E-state index contributed by atoms with van der Waals surface area (Å²) in [4.78, 5) is 29.6. The Balaban J connectivity index is 1.80. The van der Waals surface area contributed by atoms with E-state index in [0.29, 0.717) is 22.8 Å². The van der Waals surface area contributed by atoms with Crippen molar-refractivity contribution in [2.45, 2.75) is 18.8 Å². The fraction of sp³-hybridized carbons (Fsp3) is 0.167. The Morgan fingerprint density at radius 3 is 2.64 bits per heavy atom. The molecule has 0 bridgehead atoms. The molecule has 7 heteroatoms. The normalized spacial score (nSPS) is 13.8. The predicted octanol–water partition coefficient (Wildman–Crippen LogP) is 2.94. The van der Waals surface area contributed by atoms with Gasteiger partial charge in [-0.1, -0.05) is 12.1 Å². The van der Waals surface area contributed by atoms with Crippen LogP contribution in [0.3, 0.4) is 0 Å². The Bertz CT molecular complexity index is 1060. The Morgan fingerprint density at radius 2 is 1.92 bits per heavy atom. The first-order valence-corrected chi connectivity index (χ1v) is 7.82. The van der Waals surface area contributed by atoms with Gasteiger partial charge in [-0.3, -0.25) is 15.0 Å². The van der Waals surface area contributed by atoms with Gasteiger partial charge >= 0.3 is 0 Å². The third-order valence-corrected chi connectivity index (χ3v) is 4.13. The van der Waals surface area contributed by atoms with E-state index >= 15 is 0 Å². The Labute approximate surface area is 140 Å². The number of carbonyl (C=O) groups excluding carboxylic acids is 1. The fourth-order valence-corrected chi connectivity index (χ4v) is 2.71. The predicted molar refractivity (Wildman–Crippen MR) is 88.0 cm³/mol. The topological polar surface area (TPSA) is 64.0 Å². The molecule has 1 aromatic heterocycles. The zero-order valence-corrected chi connectivity index (χ0v) is 13.0. The van der Waals surface area contributed by atoms with Gasteiger partial charge in [0, 0.05) is 12.0 Å². The SMILES string of the molecule is O=C(Nn1c(C2CC2)nc2ccccc2c1=O)c1ccc(F)cc1F. The molecule has 1 aliphatic carbocycles. The fourth-order valence-electron chi connectivity index (χ4n) is 2.71. The number of nitrogens with zero attached hydrogens (tertiary/aromatic N) is 2. The molecule has 0 aliphatic heterocycles. The van der Waals surface area contributed by atoms with E-state index in [-0.39, 0.29) is 11.5 Å². The summed E-state index contributed by atoms with van der Waals surface area (Å²) in [6.45, 7) is 0. The van der Waals surface area contributed by atoms with Gasteiger partial charge in [0.15, 0.2) is 0 Å². The van der Waals surface area contributed by atoms with E-state index in [2.05, 4.69) is 10.4 Å². The van der Waals surface area contributed by atoms with E-state index in [1.165, 1.54) is 0 Å². The van der Waals surface area contributed by atoms with Gasteiger partial charge < -0.3 is 0 Å². The second-order valence-corrected chi connectivity index (χ2v) is 5.97. The lowest BCUT2D eigenvalue weighted by Gasteiger charge is -2.14. The lowest BCUT2D eigenvalue weighted by Crippen LogP contribution is -2.36. The van der Waals surface area contributed by atoms with Crippen molar-refractivity contribution in [2.24, 2.45) is 0 Å². The first kappa shape index (κ1) is 15.4. The van der Waals surface area contributed by atoms with E-state index in [1.807, 2.05) is 0 Å². The number of para-hydroxylation sites is 1. The van der Waals surface area contributed by atoms with Gasteiger partial charge in [0.25, 0.3) is 11.5 Å². The maximum Gasteiger partial charge on any atom is 0.280 e. The summed E-state index contributed by atoms with van der Waals surface area (Å²) in [6, 6.07) is 9.48. The number of halogens is 2. The van der Waals surface area contributed by atoms with Crippen LogP contribution in [0.5, 0.6) is 0 Å². The summed E-state index contributed by atoms with van der Waals surface area (Å²) in [7, 11) is 0. The van der Waals surface area contributed by atoms with Gasteiger partial charge in [-0.2, -0.15) is 0 Å². The molecule has 1 heterocycles. The number of carbonyl (C=O) groups is 1. The van der Waals surface area contributed by atoms with Crippen LogP contribution in [0.25, 0.3) is 10.9 Å². The standard InChI is InChI=1S/C18H13F2N3O2/c19-11-7-8-12(14(20)9-11)17(24)22-23-16(10-5-6-10)21-15-4-2-1-3-13(15)18(23)25/h1-4,7-10H,5-6H2,(H,22,24). The highest BCUT2D eigenvalue weighted by Crippen LogP contribution is 2.38. The van der Waals surface area contributed by atoms with Crippen molar-refractivity contribution in [3.63, 3.8) is 0 Å². The zero-order chi connectivity index (χ0) is 17.6. The number of hydrogen-bond donors (Lipinski definition) is 1. The van der Waals surface area contributed by atoms with Crippen LogP contribution in [-0.2, 0) is 0 Å². The first-order valence-electron chi connectivity index (χ1n) is 7.82. The maximum atomic E-state index is 13.8. The average molecular weight is 341 g/mol. The number of benzene rings is 2. The molecule has 4 rings (SSSR count). The Hall–Kier alpha value is -3.09. The van der Waals surface area contributed by atoms with Crippen molar-refractivity contribution in [2.75, 3.05) is 5.43 Å². The molecule has 5 nitrogen and oxygen atoms in total. The quantitative estimate of drug-likeness (QED) is 0.797. The van der Waals surface area contributed by atoms with Crippen LogP contribution in [0.1, 0.15) is 34.9 Å². The number of nitrogens with one attached hydrogen (secondary N) is 1. The number of aromatic nitrogens is 2. The molecule has 1 aliphatic rings. The minimum atomic E-state index is -0.993. The van der Waals surface area contributed by atoms with Crippen LogP contribution < -0.4 is 11.0 Å². The smallest absolute Gasteiger partial charge is 0.267 e. The molecule has 1 amide bonds. The van der Waals surface area contributed by atoms with Crippen molar-refractivity contribution < 1.29 is 13.6 Å². The molecular weight excluding hydrogens is 328 g/mol. The van der Waals surface area contributed by atoms with Gasteiger partial charge in [-0.25, -0.2) is 18.4 Å². The van der Waals surface area contributed by atoms with E-state index in [0.717, 1.165) is 29.7 Å². The van der Waals surface area contributed by atoms with Crippen molar-refractivity contribution in [1.82, 2.24) is 9.66 Å². The molecule has 1 saturated carbocycles. The zero-order valence-electron chi connectivity index (χ0n) is 13.0. The third kappa shape index (κ3) is 2.77. The summed E-state index contributed by atoms with van der Waals surface area (Å²) in [5.41, 5.74) is 2.19. The highest BCUT2D eigenvalue weighted by Gasteiger charge is 2.30. The number of rotatable bonds is 3. The summed E-state index contributed by atoms with van der Waals surface area (Å²) in [5.74, 6) is -2.08. The third-order valence-electron chi connectivity index (χ3n) is 4.13. The Kier molecular flexibility index (Phi) is 3.56. The Morgan fingerprint density at radius 1 is 1.16 bits per heavy atom. The number of amides is 1. The van der Waals surface area contributed by atoms with E-state index in [4.69, 9.17) is 0 Å².